The van der Waals surface area contributed by atoms with Crippen LogP contribution in [0, 0.1) is 5.92 Å². The second-order valence-corrected chi connectivity index (χ2v) is 4.49. The van der Waals surface area contributed by atoms with Crippen molar-refractivity contribution >= 4 is 5.91 Å². The molecule has 1 amide bonds. The number of nitrogens with one attached hydrogen (secondary N) is 2. The van der Waals surface area contributed by atoms with Crippen molar-refractivity contribution in [1.82, 2.24) is 10.6 Å². The lowest BCUT2D eigenvalue weighted by Gasteiger charge is -2.28. The molecule has 3 unspecified atom stereocenters. The molecular weight excluding hydrogens is 176 g/mol. The van der Waals surface area contributed by atoms with Crippen molar-refractivity contribution in [2.24, 2.45) is 5.92 Å². The van der Waals surface area contributed by atoms with E-state index in [-0.39, 0.29) is 11.9 Å². The molecule has 0 aromatic heterocycles. The predicted molar refractivity (Wildman–Crippen MR) is 58.1 cm³/mol. The second kappa shape index (κ2) is 5.35. The number of carbonyl (C=O) groups is 1. The average molecular weight is 198 g/mol. The van der Waals surface area contributed by atoms with Gasteiger partial charge in [-0.1, -0.05) is 19.8 Å². The van der Waals surface area contributed by atoms with Crippen molar-refractivity contribution in [1.29, 1.82) is 0 Å². The van der Waals surface area contributed by atoms with Crippen LogP contribution < -0.4 is 10.6 Å². The molecule has 1 aliphatic carbocycles. The maximum Gasteiger partial charge on any atom is 0.237 e. The Morgan fingerprint density at radius 3 is 2.71 bits per heavy atom. The summed E-state index contributed by atoms with van der Waals surface area (Å²) in [6.07, 6.45) is 4.85. The third-order valence-corrected chi connectivity index (χ3v) is 3.11. The van der Waals surface area contributed by atoms with Crippen LogP contribution in [0.3, 0.4) is 0 Å². The summed E-state index contributed by atoms with van der Waals surface area (Å²) in [4.78, 5) is 11.6. The highest BCUT2D eigenvalue weighted by atomic mass is 16.2. The summed E-state index contributed by atoms with van der Waals surface area (Å²) < 4.78 is 0. The van der Waals surface area contributed by atoms with Crippen molar-refractivity contribution in [3.63, 3.8) is 0 Å². The van der Waals surface area contributed by atoms with Gasteiger partial charge in [-0.25, -0.2) is 0 Å². The maximum absolute atomic E-state index is 11.6. The highest BCUT2D eigenvalue weighted by Crippen LogP contribution is 2.23. The molecular formula is C11H22N2O. The maximum atomic E-state index is 11.6. The predicted octanol–water partition coefficient (Wildman–Crippen LogP) is 1.29. The van der Waals surface area contributed by atoms with Crippen LogP contribution >= 0.6 is 0 Å². The normalized spacial score (nSPS) is 29.6. The minimum atomic E-state index is -0.0766. The van der Waals surface area contributed by atoms with Crippen LogP contribution in [-0.4, -0.2) is 25.0 Å². The van der Waals surface area contributed by atoms with Gasteiger partial charge in [0.2, 0.25) is 5.91 Å². The van der Waals surface area contributed by atoms with Gasteiger partial charge < -0.3 is 10.6 Å². The van der Waals surface area contributed by atoms with Gasteiger partial charge in [-0.05, 0) is 32.7 Å². The van der Waals surface area contributed by atoms with Gasteiger partial charge in [0, 0.05) is 6.04 Å². The Morgan fingerprint density at radius 1 is 1.43 bits per heavy atom. The summed E-state index contributed by atoms with van der Waals surface area (Å²) in [6.45, 7) is 4.15. The van der Waals surface area contributed by atoms with Crippen molar-refractivity contribution in [2.75, 3.05) is 7.05 Å². The molecule has 0 saturated heterocycles. The molecule has 0 aromatic rings. The minimum absolute atomic E-state index is 0.0766. The topological polar surface area (TPSA) is 41.1 Å². The smallest absolute Gasteiger partial charge is 0.237 e. The largest absolute Gasteiger partial charge is 0.352 e. The zero-order valence-electron chi connectivity index (χ0n) is 9.47. The zero-order valence-corrected chi connectivity index (χ0v) is 9.47. The molecule has 0 bridgehead atoms. The lowest BCUT2D eigenvalue weighted by molar-refractivity contribution is -0.123. The van der Waals surface area contributed by atoms with E-state index in [1.54, 1.807) is 0 Å². The van der Waals surface area contributed by atoms with Crippen molar-refractivity contribution in [2.45, 2.75) is 51.6 Å². The number of hydrogen-bond donors (Lipinski definition) is 2. The first-order chi connectivity index (χ1) is 6.63. The fourth-order valence-electron chi connectivity index (χ4n) is 2.02. The number of likely N-dealkylation sites (N-methyl/N-ethyl adjacent to an activating group) is 1. The van der Waals surface area contributed by atoms with Crippen LogP contribution in [0.5, 0.6) is 0 Å². The number of amides is 1. The summed E-state index contributed by atoms with van der Waals surface area (Å²) in [7, 11) is 1.81. The fraction of sp³-hybridized carbons (Fsp3) is 0.909. The van der Waals surface area contributed by atoms with Crippen LogP contribution in [-0.2, 0) is 4.79 Å². The molecule has 1 aliphatic rings. The monoisotopic (exact) mass is 198 g/mol. The van der Waals surface area contributed by atoms with Gasteiger partial charge in [-0.3, -0.25) is 4.79 Å². The molecule has 3 atom stereocenters. The molecule has 3 heteroatoms. The Morgan fingerprint density at radius 2 is 2.14 bits per heavy atom. The summed E-state index contributed by atoms with van der Waals surface area (Å²) in [5.41, 5.74) is 0. The van der Waals surface area contributed by atoms with Gasteiger partial charge in [0.1, 0.15) is 0 Å². The van der Waals surface area contributed by atoms with Gasteiger partial charge in [-0.15, -0.1) is 0 Å². The SMILES string of the molecule is CNC(C)C(=O)NC1CCCC(C)C1. The third-order valence-electron chi connectivity index (χ3n) is 3.11. The van der Waals surface area contributed by atoms with Crippen molar-refractivity contribution in [3.8, 4) is 0 Å². The number of rotatable bonds is 3. The van der Waals surface area contributed by atoms with E-state index in [0.717, 1.165) is 18.8 Å². The molecule has 0 spiro atoms. The highest BCUT2D eigenvalue weighted by molar-refractivity contribution is 5.81. The Balaban J connectivity index is 2.32. The van der Waals surface area contributed by atoms with Crippen molar-refractivity contribution in [3.05, 3.63) is 0 Å². The Hall–Kier alpha value is -0.570. The third kappa shape index (κ3) is 3.29. The van der Waals surface area contributed by atoms with Crippen LogP contribution in [0.15, 0.2) is 0 Å². The number of carbonyl (C=O) groups excluding carboxylic acids is 1. The molecule has 0 radical (unpaired) electrons. The van der Waals surface area contributed by atoms with E-state index in [0.29, 0.717) is 6.04 Å². The molecule has 2 N–H and O–H groups in total. The lowest BCUT2D eigenvalue weighted by Crippen LogP contribution is -2.46. The Bertz CT molecular complexity index is 194. The van der Waals surface area contributed by atoms with Gasteiger partial charge >= 0.3 is 0 Å². The summed E-state index contributed by atoms with van der Waals surface area (Å²) in [5.74, 6) is 0.894. The molecule has 3 nitrogen and oxygen atoms in total. The fourth-order valence-corrected chi connectivity index (χ4v) is 2.02. The van der Waals surface area contributed by atoms with Gasteiger partial charge in [0.05, 0.1) is 6.04 Å². The molecule has 1 fully saturated rings. The first kappa shape index (κ1) is 11.5. The van der Waals surface area contributed by atoms with Crippen LogP contribution in [0.2, 0.25) is 0 Å². The van der Waals surface area contributed by atoms with Crippen LogP contribution in [0.4, 0.5) is 0 Å². The Labute approximate surface area is 86.6 Å². The highest BCUT2D eigenvalue weighted by Gasteiger charge is 2.21. The molecule has 14 heavy (non-hydrogen) atoms. The quantitative estimate of drug-likeness (QED) is 0.717. The minimum Gasteiger partial charge on any atom is -0.352 e. The van der Waals surface area contributed by atoms with E-state index in [1.807, 2.05) is 14.0 Å². The molecule has 0 heterocycles. The van der Waals surface area contributed by atoms with E-state index in [1.165, 1.54) is 12.8 Å². The second-order valence-electron chi connectivity index (χ2n) is 4.49. The van der Waals surface area contributed by atoms with Crippen LogP contribution in [0.1, 0.15) is 39.5 Å². The van der Waals surface area contributed by atoms with E-state index >= 15 is 0 Å². The Kier molecular flexibility index (Phi) is 4.39. The average Bonchev–Trinajstić information content (AvgIpc) is 2.16. The first-order valence-electron chi connectivity index (χ1n) is 5.61. The molecule has 1 rings (SSSR count). The van der Waals surface area contributed by atoms with Gasteiger partial charge in [0.15, 0.2) is 0 Å². The van der Waals surface area contributed by atoms with Gasteiger partial charge in [-0.2, -0.15) is 0 Å². The molecule has 0 aromatic carbocycles. The lowest BCUT2D eigenvalue weighted by atomic mass is 9.87. The van der Waals surface area contributed by atoms with E-state index in [4.69, 9.17) is 0 Å². The molecule has 0 aliphatic heterocycles. The standard InChI is InChI=1S/C11H22N2O/c1-8-5-4-6-10(7-8)13-11(14)9(2)12-3/h8-10,12H,4-7H2,1-3H3,(H,13,14). The molecule has 82 valence electrons. The summed E-state index contributed by atoms with van der Waals surface area (Å²) >= 11 is 0. The molecule has 1 saturated carbocycles. The van der Waals surface area contributed by atoms with E-state index in [9.17, 15) is 4.79 Å². The van der Waals surface area contributed by atoms with Crippen molar-refractivity contribution < 1.29 is 4.79 Å². The van der Waals surface area contributed by atoms with E-state index in [2.05, 4.69) is 17.6 Å². The number of hydrogen-bond acceptors (Lipinski definition) is 2. The summed E-state index contributed by atoms with van der Waals surface area (Å²) in [5, 5.41) is 6.05. The van der Waals surface area contributed by atoms with Crippen LogP contribution in [0.25, 0.3) is 0 Å². The zero-order chi connectivity index (χ0) is 10.6. The summed E-state index contributed by atoms with van der Waals surface area (Å²) in [6, 6.07) is 0.328. The van der Waals surface area contributed by atoms with Gasteiger partial charge in [0.25, 0.3) is 0 Å². The van der Waals surface area contributed by atoms with E-state index < -0.39 is 0 Å². The first-order valence-corrected chi connectivity index (χ1v) is 5.61.